The van der Waals surface area contributed by atoms with E-state index in [1.54, 1.807) is 0 Å². The van der Waals surface area contributed by atoms with Crippen LogP contribution in [0.4, 0.5) is 17.1 Å². The maximum absolute atomic E-state index is 3.73. The zero-order chi connectivity index (χ0) is 34.9. The number of rotatable bonds is 4. The van der Waals surface area contributed by atoms with Gasteiger partial charge in [-0.1, -0.05) is 181 Å². The lowest BCUT2D eigenvalue weighted by Gasteiger charge is -2.44. The van der Waals surface area contributed by atoms with Crippen molar-refractivity contribution in [2.45, 2.75) is 0 Å². The molecule has 3 heterocycles. The molecule has 0 bridgehead atoms. The fraction of sp³-hybridized carbons (Fsp3) is 0. The maximum atomic E-state index is 3.73. The molecule has 53 heavy (non-hydrogen) atoms. The van der Waals surface area contributed by atoms with Gasteiger partial charge in [0.15, 0.2) is 8.07 Å². The van der Waals surface area contributed by atoms with E-state index in [0.29, 0.717) is 0 Å². The molecular weight excluding hydrogens is 654 g/mol. The average Bonchev–Trinajstić information content (AvgIpc) is 3.24. The lowest BCUT2D eigenvalue weighted by atomic mass is 9.43. The van der Waals surface area contributed by atoms with Gasteiger partial charge in [0.2, 0.25) is 0 Å². The summed E-state index contributed by atoms with van der Waals surface area (Å²) in [7, 11) is -2.06. The Morgan fingerprint density at radius 1 is 0.396 bits per heavy atom. The largest absolute Gasteiger partial charge is 0.426 e. The predicted molar refractivity (Wildman–Crippen MR) is 230 cm³/mol. The molecule has 0 fully saturated rings. The highest BCUT2D eigenvalue weighted by Gasteiger charge is 2.46. The number of fused-ring (bicyclic) bond motifs is 14. The molecule has 8 aromatic carbocycles. The molecule has 0 aliphatic carbocycles. The molecule has 0 amide bonds. The monoisotopic (exact) mass is 688 g/mol. The molecule has 3 aliphatic heterocycles. The van der Waals surface area contributed by atoms with Crippen LogP contribution in [0.15, 0.2) is 194 Å². The average molecular weight is 689 g/mol. The maximum Gasteiger partial charge on any atom is 0.329 e. The van der Waals surface area contributed by atoms with Gasteiger partial charge in [0.05, 0.1) is 0 Å². The summed E-state index contributed by atoms with van der Waals surface area (Å²) >= 11 is 0. The van der Waals surface area contributed by atoms with Crippen molar-refractivity contribution < 1.29 is 0 Å². The third kappa shape index (κ3) is 4.41. The van der Waals surface area contributed by atoms with E-state index in [1.165, 1.54) is 87.6 Å². The van der Waals surface area contributed by atoms with Crippen molar-refractivity contribution in [3.63, 3.8) is 0 Å². The molecule has 0 aromatic heterocycles. The molecule has 0 atom stereocenters. The Balaban J connectivity index is 1.22. The molecule has 0 saturated carbocycles. The van der Waals surface area contributed by atoms with Crippen LogP contribution in [-0.4, -0.2) is 22.3 Å². The molecule has 3 aliphatic rings. The van der Waals surface area contributed by atoms with E-state index in [2.05, 4.69) is 204 Å². The molecule has 0 radical (unpaired) electrons. The van der Waals surface area contributed by atoms with Gasteiger partial charge >= 0.3 is 6.85 Å². The van der Waals surface area contributed by atoms with E-state index >= 15 is 0 Å². The number of para-hydroxylation sites is 3. The number of hydrogen-bond donors (Lipinski definition) is 1. The number of benzene rings is 8. The first-order chi connectivity index (χ1) is 26.3. The summed E-state index contributed by atoms with van der Waals surface area (Å²) in [6, 6.07) is 73.2. The van der Waals surface area contributed by atoms with E-state index < -0.39 is 8.07 Å². The lowest BCUT2D eigenvalue weighted by Crippen LogP contribution is -2.75. The second-order valence-corrected chi connectivity index (χ2v) is 18.3. The summed E-state index contributed by atoms with van der Waals surface area (Å²) in [6.07, 6.45) is 0. The second-order valence-electron chi connectivity index (χ2n) is 14.4. The Labute approximate surface area is 312 Å². The van der Waals surface area contributed by atoms with Gasteiger partial charge in [-0.25, -0.2) is 0 Å². The second kappa shape index (κ2) is 11.9. The third-order valence-corrected chi connectivity index (χ3v) is 16.6. The van der Waals surface area contributed by atoms with Gasteiger partial charge in [-0.2, -0.15) is 0 Å². The summed E-state index contributed by atoms with van der Waals surface area (Å²) in [5.41, 5.74) is 15.6. The van der Waals surface area contributed by atoms with Crippen LogP contribution in [0.25, 0.3) is 33.4 Å². The summed E-state index contributed by atoms with van der Waals surface area (Å²) in [6.45, 7) is 0.0356. The summed E-state index contributed by atoms with van der Waals surface area (Å²) in [4.78, 5) is 2.61. The van der Waals surface area contributed by atoms with Gasteiger partial charge in [-0.3, -0.25) is 0 Å². The van der Waals surface area contributed by atoms with Gasteiger partial charge in [-0.05, 0) is 66.6 Å². The van der Waals surface area contributed by atoms with Crippen LogP contribution in [0.2, 0.25) is 0 Å². The Kier molecular flexibility index (Phi) is 6.80. The van der Waals surface area contributed by atoms with Gasteiger partial charge < -0.3 is 10.0 Å². The molecule has 11 rings (SSSR count). The molecule has 2 nitrogen and oxygen atoms in total. The first kappa shape index (κ1) is 30.3. The van der Waals surface area contributed by atoms with E-state index in [1.807, 2.05) is 0 Å². The highest BCUT2D eigenvalue weighted by Crippen LogP contribution is 2.45. The zero-order valence-electron chi connectivity index (χ0n) is 29.2. The molecule has 0 unspecified atom stereocenters. The number of hydrogen-bond acceptors (Lipinski definition) is 2. The standard InChI is InChI=1S/C48H34B2N2Si/c1-3-15-33(16-4-1)53(34-17-5-2-6-18-34,35-27-29-37-40-20-8-12-24-46(40)51-49-43(37)31-35)36-28-30-39-42-22-10-14-26-48(42)52-47-25-13-9-21-41(47)38-19-7-11-23-44(38)50(52)45(39)32-36/h1-32,49,51H. The van der Waals surface area contributed by atoms with E-state index in [0.717, 1.165) is 7.41 Å². The molecule has 0 spiro atoms. The van der Waals surface area contributed by atoms with Crippen LogP contribution in [0.3, 0.4) is 0 Å². The van der Waals surface area contributed by atoms with Crippen molar-refractivity contribution in [2.24, 2.45) is 0 Å². The van der Waals surface area contributed by atoms with Crippen molar-refractivity contribution >= 4 is 76.5 Å². The summed E-state index contributed by atoms with van der Waals surface area (Å²) in [5, 5.41) is 9.30. The first-order valence-corrected chi connectivity index (χ1v) is 20.6. The van der Waals surface area contributed by atoms with Crippen LogP contribution in [0, 0.1) is 0 Å². The predicted octanol–water partition coefficient (Wildman–Crippen LogP) is 6.04. The summed E-state index contributed by atoms with van der Waals surface area (Å²) < 4.78 is 0. The number of nitrogens with one attached hydrogen (secondary N) is 1. The van der Waals surface area contributed by atoms with Crippen LogP contribution in [0.1, 0.15) is 0 Å². The number of anilines is 3. The Morgan fingerprint density at radius 3 is 1.58 bits per heavy atom. The minimum absolute atomic E-state index is 0.0356. The van der Waals surface area contributed by atoms with Crippen LogP contribution < -0.4 is 47.2 Å². The minimum Gasteiger partial charge on any atom is -0.426 e. The quantitative estimate of drug-likeness (QED) is 0.179. The fourth-order valence-electron chi connectivity index (χ4n) is 9.60. The van der Waals surface area contributed by atoms with Crippen molar-refractivity contribution in [1.29, 1.82) is 0 Å². The van der Waals surface area contributed by atoms with E-state index in [4.69, 9.17) is 0 Å². The van der Waals surface area contributed by atoms with Crippen LogP contribution in [0.5, 0.6) is 0 Å². The van der Waals surface area contributed by atoms with Crippen LogP contribution in [-0.2, 0) is 0 Å². The van der Waals surface area contributed by atoms with Gasteiger partial charge in [0, 0.05) is 33.8 Å². The smallest absolute Gasteiger partial charge is 0.329 e. The molecule has 1 N–H and O–H groups in total. The number of nitrogens with zero attached hydrogens (tertiary/aromatic N) is 1. The third-order valence-electron chi connectivity index (χ3n) is 11.8. The topological polar surface area (TPSA) is 15.3 Å². The molecular formula is C48H34B2N2Si. The van der Waals surface area contributed by atoms with Gasteiger partial charge in [0.25, 0.3) is 7.41 Å². The first-order valence-electron chi connectivity index (χ1n) is 18.6. The molecule has 5 heteroatoms. The minimum atomic E-state index is -2.87. The normalized spacial score (nSPS) is 13.1. The SMILES string of the molecule is B1Nc2ccccc2-c2ccc([Si](c3ccccc3)(c3ccccc3)c3ccc4c(c3)B3c5ccccc5-c5ccccc5N3c3ccccc3-4)cc21. The molecule has 8 aromatic rings. The van der Waals surface area contributed by atoms with Crippen molar-refractivity contribution in [3.8, 4) is 33.4 Å². The lowest BCUT2D eigenvalue weighted by molar-refractivity contribution is 1.35. The Bertz CT molecular complexity index is 2670. The van der Waals surface area contributed by atoms with E-state index in [-0.39, 0.29) is 6.85 Å². The fourth-order valence-corrected chi connectivity index (χ4v) is 14.4. The van der Waals surface area contributed by atoms with Gasteiger partial charge in [0.1, 0.15) is 0 Å². The van der Waals surface area contributed by atoms with Crippen molar-refractivity contribution in [3.05, 3.63) is 194 Å². The highest BCUT2D eigenvalue weighted by molar-refractivity contribution is 7.20. The summed E-state index contributed by atoms with van der Waals surface area (Å²) in [5.74, 6) is 0. The van der Waals surface area contributed by atoms with Crippen molar-refractivity contribution in [2.75, 3.05) is 10.0 Å². The van der Waals surface area contributed by atoms with Gasteiger partial charge in [-0.15, -0.1) is 0 Å². The van der Waals surface area contributed by atoms with Crippen molar-refractivity contribution in [1.82, 2.24) is 0 Å². The molecule has 0 saturated heterocycles. The Morgan fingerprint density at radius 2 is 0.906 bits per heavy atom. The Hall–Kier alpha value is -6.29. The van der Waals surface area contributed by atoms with Crippen LogP contribution >= 0.6 is 0 Å². The van der Waals surface area contributed by atoms with E-state index in [9.17, 15) is 0 Å². The zero-order valence-corrected chi connectivity index (χ0v) is 30.2. The highest BCUT2D eigenvalue weighted by atomic mass is 28.3. The molecule has 246 valence electrons.